The third-order valence-corrected chi connectivity index (χ3v) is 5.25. The van der Waals surface area contributed by atoms with E-state index in [1.54, 1.807) is 17.8 Å². The van der Waals surface area contributed by atoms with Crippen molar-refractivity contribution in [2.45, 2.75) is 25.8 Å². The van der Waals surface area contributed by atoms with Crippen LogP contribution in [0.25, 0.3) is 10.8 Å². The Morgan fingerprint density at radius 2 is 1.89 bits per heavy atom. The van der Waals surface area contributed by atoms with Gasteiger partial charge in [0.1, 0.15) is 11.3 Å². The van der Waals surface area contributed by atoms with Crippen molar-refractivity contribution in [2.75, 3.05) is 13.1 Å². The van der Waals surface area contributed by atoms with Gasteiger partial charge in [0, 0.05) is 24.7 Å². The van der Waals surface area contributed by atoms with Gasteiger partial charge in [-0.25, -0.2) is 4.79 Å². The van der Waals surface area contributed by atoms with Gasteiger partial charge in [-0.3, -0.25) is 14.5 Å². The Labute approximate surface area is 156 Å². The number of carbonyl (C=O) groups is 2. The zero-order valence-corrected chi connectivity index (χ0v) is 15.0. The first kappa shape index (κ1) is 17.2. The number of carbonyl (C=O) groups excluding carboxylic acids is 1. The average Bonchev–Trinajstić information content (AvgIpc) is 3.09. The highest BCUT2D eigenvalue weighted by atomic mass is 16.4. The number of rotatable bonds is 3. The molecule has 1 aliphatic rings. The molecule has 27 heavy (non-hydrogen) atoms. The van der Waals surface area contributed by atoms with Crippen LogP contribution >= 0.6 is 0 Å². The van der Waals surface area contributed by atoms with E-state index in [1.165, 1.54) is 6.20 Å². The van der Waals surface area contributed by atoms with E-state index in [9.17, 15) is 14.7 Å². The van der Waals surface area contributed by atoms with Crippen molar-refractivity contribution in [3.8, 4) is 0 Å². The fourth-order valence-corrected chi connectivity index (χ4v) is 3.75. The number of piperidine rings is 1. The lowest BCUT2D eigenvalue weighted by atomic mass is 10.0. The molecule has 2 aromatic heterocycles. The summed E-state index contributed by atoms with van der Waals surface area (Å²) in [6, 6.07) is 9.75. The fraction of sp³-hybridized carbons (Fsp3) is 0.300. The number of amides is 1. The molecule has 0 radical (unpaired) electrons. The summed E-state index contributed by atoms with van der Waals surface area (Å²) >= 11 is 0. The van der Waals surface area contributed by atoms with Crippen LogP contribution in [-0.4, -0.2) is 49.7 Å². The standard InChI is InChI=1S/C20H20N4O3/c1-13-17(20(26)27)12-22-24(13)15-7-10-23(11-8-15)19(25)18-16-5-3-2-4-14(16)6-9-21-18/h2-6,9,12,15H,7-8,10-11H2,1H3,(H,26,27). The first-order valence-electron chi connectivity index (χ1n) is 8.96. The molecule has 4 rings (SSSR count). The van der Waals surface area contributed by atoms with Crippen LogP contribution in [0.3, 0.4) is 0 Å². The smallest absolute Gasteiger partial charge is 0.339 e. The zero-order valence-electron chi connectivity index (χ0n) is 15.0. The second-order valence-electron chi connectivity index (χ2n) is 6.80. The molecule has 1 aromatic carbocycles. The molecule has 1 saturated heterocycles. The van der Waals surface area contributed by atoms with E-state index in [1.807, 2.05) is 35.2 Å². The Kier molecular flexibility index (Phi) is 4.35. The molecule has 1 fully saturated rings. The predicted molar refractivity (Wildman–Crippen MR) is 99.8 cm³/mol. The topological polar surface area (TPSA) is 88.3 Å². The summed E-state index contributed by atoms with van der Waals surface area (Å²) in [4.78, 5) is 30.3. The molecular formula is C20H20N4O3. The minimum atomic E-state index is -0.964. The molecule has 0 bridgehead atoms. The summed E-state index contributed by atoms with van der Waals surface area (Å²) < 4.78 is 1.78. The molecule has 3 heterocycles. The molecule has 1 aliphatic heterocycles. The number of likely N-dealkylation sites (tertiary alicyclic amines) is 1. The van der Waals surface area contributed by atoms with Crippen molar-refractivity contribution in [3.63, 3.8) is 0 Å². The third-order valence-electron chi connectivity index (χ3n) is 5.25. The molecule has 7 heteroatoms. The molecule has 7 nitrogen and oxygen atoms in total. The van der Waals surface area contributed by atoms with Gasteiger partial charge in [0.05, 0.1) is 17.9 Å². The molecule has 0 atom stereocenters. The number of fused-ring (bicyclic) bond motifs is 1. The molecule has 0 spiro atoms. The summed E-state index contributed by atoms with van der Waals surface area (Å²) in [6.45, 7) is 2.96. The second-order valence-corrected chi connectivity index (χ2v) is 6.80. The van der Waals surface area contributed by atoms with E-state index in [4.69, 9.17) is 0 Å². The fourth-order valence-electron chi connectivity index (χ4n) is 3.75. The Morgan fingerprint density at radius 1 is 1.15 bits per heavy atom. The quantitative estimate of drug-likeness (QED) is 0.772. The van der Waals surface area contributed by atoms with Gasteiger partial charge >= 0.3 is 5.97 Å². The first-order valence-corrected chi connectivity index (χ1v) is 8.96. The lowest BCUT2D eigenvalue weighted by molar-refractivity contribution is 0.0684. The SMILES string of the molecule is Cc1c(C(=O)O)cnn1C1CCN(C(=O)c2nccc3ccccc23)CC1. The molecule has 1 amide bonds. The van der Waals surface area contributed by atoms with Gasteiger partial charge in [-0.1, -0.05) is 24.3 Å². The molecule has 0 aliphatic carbocycles. The number of benzene rings is 1. The van der Waals surface area contributed by atoms with Crippen molar-refractivity contribution in [3.05, 3.63) is 59.7 Å². The third kappa shape index (κ3) is 3.05. The zero-order chi connectivity index (χ0) is 19.0. The van der Waals surface area contributed by atoms with Gasteiger partial charge in [-0.15, -0.1) is 0 Å². The second kappa shape index (κ2) is 6.83. The normalized spacial score (nSPS) is 15.2. The summed E-state index contributed by atoms with van der Waals surface area (Å²) in [6.07, 6.45) is 4.54. The van der Waals surface area contributed by atoms with Crippen molar-refractivity contribution in [1.82, 2.24) is 19.7 Å². The highest BCUT2D eigenvalue weighted by Gasteiger charge is 2.28. The van der Waals surface area contributed by atoms with Gasteiger partial charge in [0.2, 0.25) is 0 Å². The average molecular weight is 364 g/mol. The van der Waals surface area contributed by atoms with E-state index in [0.717, 1.165) is 23.6 Å². The van der Waals surface area contributed by atoms with Crippen LogP contribution in [0.5, 0.6) is 0 Å². The predicted octanol–water partition coefficient (Wildman–Crippen LogP) is 2.92. The first-order chi connectivity index (χ1) is 13.1. The van der Waals surface area contributed by atoms with Gasteiger partial charge in [0.15, 0.2) is 0 Å². The van der Waals surface area contributed by atoms with Crippen LogP contribution in [-0.2, 0) is 0 Å². The van der Waals surface area contributed by atoms with Crippen LogP contribution < -0.4 is 0 Å². The maximum atomic E-state index is 13.0. The monoisotopic (exact) mass is 364 g/mol. The molecule has 0 saturated carbocycles. The van der Waals surface area contributed by atoms with E-state index in [2.05, 4.69) is 10.1 Å². The van der Waals surface area contributed by atoms with Gasteiger partial charge in [-0.05, 0) is 31.2 Å². The van der Waals surface area contributed by atoms with Crippen molar-refractivity contribution >= 4 is 22.6 Å². The van der Waals surface area contributed by atoms with Gasteiger partial charge in [-0.2, -0.15) is 5.10 Å². The maximum Gasteiger partial charge on any atom is 0.339 e. The number of carboxylic acid groups (broad SMARTS) is 1. The molecular weight excluding hydrogens is 344 g/mol. The Morgan fingerprint density at radius 3 is 2.59 bits per heavy atom. The largest absolute Gasteiger partial charge is 0.478 e. The Balaban J connectivity index is 1.51. The maximum absolute atomic E-state index is 13.0. The number of pyridine rings is 1. The molecule has 0 unspecified atom stereocenters. The van der Waals surface area contributed by atoms with Crippen LogP contribution in [0.2, 0.25) is 0 Å². The highest BCUT2D eigenvalue weighted by Crippen LogP contribution is 2.26. The summed E-state index contributed by atoms with van der Waals surface area (Å²) in [5.74, 6) is -1.03. The number of aromatic nitrogens is 3. The van der Waals surface area contributed by atoms with Crippen LogP contribution in [0, 0.1) is 6.92 Å². The summed E-state index contributed by atoms with van der Waals surface area (Å²) in [7, 11) is 0. The lowest BCUT2D eigenvalue weighted by Crippen LogP contribution is -2.39. The van der Waals surface area contributed by atoms with E-state index < -0.39 is 5.97 Å². The van der Waals surface area contributed by atoms with Gasteiger partial charge < -0.3 is 10.0 Å². The lowest BCUT2D eigenvalue weighted by Gasteiger charge is -2.32. The van der Waals surface area contributed by atoms with Crippen molar-refractivity contribution < 1.29 is 14.7 Å². The number of aromatic carboxylic acids is 1. The number of hydrogen-bond donors (Lipinski definition) is 1. The van der Waals surface area contributed by atoms with Gasteiger partial charge in [0.25, 0.3) is 5.91 Å². The van der Waals surface area contributed by atoms with E-state index >= 15 is 0 Å². The number of nitrogens with zero attached hydrogens (tertiary/aromatic N) is 4. The minimum absolute atomic E-state index is 0.0614. The summed E-state index contributed by atoms with van der Waals surface area (Å²) in [5.41, 5.74) is 1.37. The number of hydrogen-bond acceptors (Lipinski definition) is 4. The molecule has 3 aromatic rings. The minimum Gasteiger partial charge on any atom is -0.478 e. The molecule has 138 valence electrons. The molecule has 1 N–H and O–H groups in total. The highest BCUT2D eigenvalue weighted by molar-refractivity contribution is 6.05. The Hall–Kier alpha value is -3.22. The Bertz CT molecular complexity index is 1010. The summed E-state index contributed by atoms with van der Waals surface area (Å²) in [5, 5.41) is 15.3. The van der Waals surface area contributed by atoms with Crippen LogP contribution in [0.4, 0.5) is 0 Å². The van der Waals surface area contributed by atoms with E-state index in [-0.39, 0.29) is 17.5 Å². The van der Waals surface area contributed by atoms with Crippen molar-refractivity contribution in [2.24, 2.45) is 0 Å². The van der Waals surface area contributed by atoms with Crippen LogP contribution in [0.1, 0.15) is 45.4 Å². The van der Waals surface area contributed by atoms with Crippen LogP contribution in [0.15, 0.2) is 42.7 Å². The van der Waals surface area contributed by atoms with E-state index in [0.29, 0.717) is 24.5 Å². The number of carboxylic acids is 1. The van der Waals surface area contributed by atoms with Crippen molar-refractivity contribution in [1.29, 1.82) is 0 Å².